The first-order valence-corrected chi connectivity index (χ1v) is 4.80. The fourth-order valence-electron chi connectivity index (χ4n) is 0.870. The predicted octanol–water partition coefficient (Wildman–Crippen LogP) is 1.28. The number of carbonyl (C=O) groups excluding carboxylic acids is 1. The van der Waals surface area contributed by atoms with E-state index in [9.17, 15) is 9.59 Å². The molecule has 4 nitrogen and oxygen atoms in total. The second kappa shape index (κ2) is 4.62. The van der Waals surface area contributed by atoms with Crippen molar-refractivity contribution in [1.29, 1.82) is 0 Å². The van der Waals surface area contributed by atoms with Crippen LogP contribution in [0.5, 0.6) is 0 Å². The Balaban J connectivity index is 2.99. The molecular formula is C10H8O4S. The minimum atomic E-state index is -0.991. The van der Waals surface area contributed by atoms with Crippen LogP contribution in [0.2, 0.25) is 0 Å². The SMILES string of the molecule is COC(=O)C#Cc1sc(C(=O)O)cc1C. The van der Waals surface area contributed by atoms with Crippen LogP contribution in [0.15, 0.2) is 6.07 Å². The number of esters is 1. The van der Waals surface area contributed by atoms with Gasteiger partial charge in [-0.15, -0.1) is 11.3 Å². The van der Waals surface area contributed by atoms with Crippen molar-refractivity contribution in [1.82, 2.24) is 0 Å². The summed E-state index contributed by atoms with van der Waals surface area (Å²) in [7, 11) is 1.24. The van der Waals surface area contributed by atoms with Gasteiger partial charge in [0.2, 0.25) is 0 Å². The summed E-state index contributed by atoms with van der Waals surface area (Å²) in [6.45, 7) is 1.74. The van der Waals surface area contributed by atoms with Crippen LogP contribution in [0.3, 0.4) is 0 Å². The third-order valence-corrected chi connectivity index (χ3v) is 2.73. The standard InChI is InChI=1S/C10H8O4S/c1-6-5-8(10(12)13)15-7(6)3-4-9(11)14-2/h5H,1-2H3,(H,12,13). The van der Waals surface area contributed by atoms with E-state index < -0.39 is 11.9 Å². The van der Waals surface area contributed by atoms with Crippen LogP contribution in [-0.4, -0.2) is 24.2 Å². The van der Waals surface area contributed by atoms with E-state index in [1.54, 1.807) is 6.92 Å². The molecule has 0 atom stereocenters. The number of rotatable bonds is 1. The van der Waals surface area contributed by atoms with Crippen LogP contribution in [0, 0.1) is 18.8 Å². The van der Waals surface area contributed by atoms with E-state index in [-0.39, 0.29) is 4.88 Å². The minimum absolute atomic E-state index is 0.210. The summed E-state index contributed by atoms with van der Waals surface area (Å²) in [6, 6.07) is 1.52. The number of thiophene rings is 1. The number of carbonyl (C=O) groups is 2. The van der Waals surface area contributed by atoms with Crippen molar-refractivity contribution >= 4 is 23.3 Å². The van der Waals surface area contributed by atoms with Crippen LogP contribution < -0.4 is 0 Å². The lowest BCUT2D eigenvalue weighted by atomic mass is 10.2. The van der Waals surface area contributed by atoms with Crippen molar-refractivity contribution in [3.8, 4) is 11.8 Å². The summed E-state index contributed by atoms with van der Waals surface area (Å²) in [6.07, 6.45) is 0. The molecule has 0 aromatic carbocycles. The topological polar surface area (TPSA) is 63.6 Å². The van der Waals surface area contributed by atoms with Gasteiger partial charge in [-0.1, -0.05) is 0 Å². The van der Waals surface area contributed by atoms with Gasteiger partial charge in [-0.05, 0) is 24.5 Å². The van der Waals surface area contributed by atoms with E-state index in [1.807, 2.05) is 0 Å². The predicted molar refractivity (Wildman–Crippen MR) is 54.9 cm³/mol. The van der Waals surface area contributed by atoms with Crippen molar-refractivity contribution < 1.29 is 19.4 Å². The third-order valence-electron chi connectivity index (χ3n) is 1.59. The molecule has 0 unspecified atom stereocenters. The highest BCUT2D eigenvalue weighted by molar-refractivity contribution is 7.14. The highest BCUT2D eigenvalue weighted by Crippen LogP contribution is 2.20. The molecule has 0 fully saturated rings. The average Bonchev–Trinajstić information content (AvgIpc) is 2.56. The van der Waals surface area contributed by atoms with Crippen LogP contribution in [0.4, 0.5) is 0 Å². The Labute approximate surface area is 90.5 Å². The average molecular weight is 224 g/mol. The van der Waals surface area contributed by atoms with Crippen molar-refractivity contribution in [2.24, 2.45) is 0 Å². The van der Waals surface area contributed by atoms with Crippen LogP contribution in [0.25, 0.3) is 0 Å². The molecule has 0 amide bonds. The molecule has 0 radical (unpaired) electrons. The Kier molecular flexibility index (Phi) is 3.47. The number of methoxy groups -OCH3 is 1. The molecular weight excluding hydrogens is 216 g/mol. The second-order valence-electron chi connectivity index (χ2n) is 2.67. The van der Waals surface area contributed by atoms with Gasteiger partial charge in [0.25, 0.3) is 0 Å². The lowest BCUT2D eigenvalue weighted by Gasteiger charge is -1.85. The number of ether oxygens (including phenoxy) is 1. The zero-order chi connectivity index (χ0) is 11.4. The normalized spacial score (nSPS) is 8.93. The third kappa shape index (κ3) is 2.82. The fraction of sp³-hybridized carbons (Fsp3) is 0.200. The number of aromatic carboxylic acids is 1. The first kappa shape index (κ1) is 11.3. The highest BCUT2D eigenvalue weighted by atomic mass is 32.1. The Morgan fingerprint density at radius 3 is 2.67 bits per heavy atom. The number of carboxylic acids is 1. The maximum Gasteiger partial charge on any atom is 0.384 e. The smallest absolute Gasteiger partial charge is 0.384 e. The van der Waals surface area contributed by atoms with Gasteiger partial charge in [-0.3, -0.25) is 0 Å². The largest absolute Gasteiger partial charge is 0.477 e. The van der Waals surface area contributed by atoms with Gasteiger partial charge in [0, 0.05) is 5.92 Å². The van der Waals surface area contributed by atoms with Crippen molar-refractivity contribution in [3.05, 3.63) is 21.4 Å². The van der Waals surface area contributed by atoms with E-state index >= 15 is 0 Å². The Morgan fingerprint density at radius 1 is 1.53 bits per heavy atom. The molecule has 0 aliphatic carbocycles. The molecule has 1 aromatic heterocycles. The summed E-state index contributed by atoms with van der Waals surface area (Å²) in [5.41, 5.74) is 0.744. The van der Waals surface area contributed by atoms with E-state index in [2.05, 4.69) is 16.6 Å². The van der Waals surface area contributed by atoms with Gasteiger partial charge in [-0.2, -0.15) is 0 Å². The Morgan fingerprint density at radius 2 is 2.20 bits per heavy atom. The fourth-order valence-corrected chi connectivity index (χ4v) is 1.74. The zero-order valence-electron chi connectivity index (χ0n) is 8.16. The molecule has 0 bridgehead atoms. The van der Waals surface area contributed by atoms with Gasteiger partial charge in [0.15, 0.2) is 0 Å². The molecule has 5 heteroatoms. The van der Waals surface area contributed by atoms with Crippen LogP contribution >= 0.6 is 11.3 Å². The van der Waals surface area contributed by atoms with Gasteiger partial charge >= 0.3 is 11.9 Å². The van der Waals surface area contributed by atoms with E-state index in [0.29, 0.717) is 4.88 Å². The summed E-state index contributed by atoms with van der Waals surface area (Å²) in [5.74, 6) is 3.19. The molecule has 0 saturated carbocycles. The monoisotopic (exact) mass is 224 g/mol. The van der Waals surface area contributed by atoms with E-state index in [1.165, 1.54) is 13.2 Å². The van der Waals surface area contributed by atoms with Gasteiger partial charge in [-0.25, -0.2) is 9.59 Å². The first-order chi connectivity index (χ1) is 7.04. The summed E-state index contributed by atoms with van der Waals surface area (Å²) < 4.78 is 4.34. The number of carboxylic acid groups (broad SMARTS) is 1. The molecule has 15 heavy (non-hydrogen) atoms. The van der Waals surface area contributed by atoms with Gasteiger partial charge in [0.1, 0.15) is 4.88 Å². The number of hydrogen-bond donors (Lipinski definition) is 1. The maximum absolute atomic E-state index is 10.7. The summed E-state index contributed by atoms with van der Waals surface area (Å²) >= 11 is 1.04. The van der Waals surface area contributed by atoms with Gasteiger partial charge in [0.05, 0.1) is 12.0 Å². The Bertz CT molecular complexity index is 462. The summed E-state index contributed by atoms with van der Waals surface area (Å²) in [4.78, 5) is 22.1. The summed E-state index contributed by atoms with van der Waals surface area (Å²) in [5, 5.41) is 8.72. The lowest BCUT2D eigenvalue weighted by Crippen LogP contribution is -1.94. The molecule has 1 heterocycles. The van der Waals surface area contributed by atoms with Crippen molar-refractivity contribution in [2.75, 3.05) is 7.11 Å². The number of aryl methyl sites for hydroxylation is 1. The van der Waals surface area contributed by atoms with Crippen molar-refractivity contribution in [2.45, 2.75) is 6.92 Å². The van der Waals surface area contributed by atoms with Crippen molar-refractivity contribution in [3.63, 3.8) is 0 Å². The molecule has 0 spiro atoms. The first-order valence-electron chi connectivity index (χ1n) is 3.98. The molecule has 0 aliphatic heterocycles. The van der Waals surface area contributed by atoms with Crippen LogP contribution in [-0.2, 0) is 9.53 Å². The molecule has 1 aromatic rings. The molecule has 0 saturated heterocycles. The molecule has 1 rings (SSSR count). The molecule has 0 aliphatic rings. The maximum atomic E-state index is 10.7. The number of hydrogen-bond acceptors (Lipinski definition) is 4. The van der Waals surface area contributed by atoms with E-state index in [0.717, 1.165) is 16.9 Å². The highest BCUT2D eigenvalue weighted by Gasteiger charge is 2.09. The van der Waals surface area contributed by atoms with E-state index in [4.69, 9.17) is 5.11 Å². The lowest BCUT2D eigenvalue weighted by molar-refractivity contribution is -0.133. The molecule has 78 valence electrons. The zero-order valence-corrected chi connectivity index (χ0v) is 8.97. The second-order valence-corrected chi connectivity index (χ2v) is 3.72. The quantitative estimate of drug-likeness (QED) is 0.576. The van der Waals surface area contributed by atoms with Crippen LogP contribution in [0.1, 0.15) is 20.1 Å². The molecule has 1 N–H and O–H groups in total. The Hall–Kier alpha value is -1.80. The minimum Gasteiger partial charge on any atom is -0.477 e. The van der Waals surface area contributed by atoms with Gasteiger partial charge < -0.3 is 9.84 Å².